The molecular weight excluding hydrogens is 195 g/mol. The van der Waals surface area contributed by atoms with Gasteiger partial charge in [-0.15, -0.1) is 11.8 Å². The van der Waals surface area contributed by atoms with Gasteiger partial charge in [0.2, 0.25) is 5.50 Å². The number of aliphatic hydroxyl groups is 1. The summed E-state index contributed by atoms with van der Waals surface area (Å²) in [5.41, 5.74) is -1.70. The van der Waals surface area contributed by atoms with Crippen LogP contribution in [0.3, 0.4) is 0 Å². The molecule has 3 atom stereocenters. The average Bonchev–Trinajstić information content (AvgIpc) is 2.04. The second kappa shape index (κ2) is 6.21. The van der Waals surface area contributed by atoms with E-state index < -0.39 is 17.6 Å². The zero-order valence-corrected chi connectivity index (χ0v) is 8.81. The molecular formula is C8H15FO3S. The highest BCUT2D eigenvalue weighted by Crippen LogP contribution is 2.22. The summed E-state index contributed by atoms with van der Waals surface area (Å²) in [5, 5.41) is 8.72. The van der Waals surface area contributed by atoms with Crippen LogP contribution in [-0.4, -0.2) is 34.5 Å². The lowest BCUT2D eigenvalue weighted by molar-refractivity contribution is -0.145. The van der Waals surface area contributed by atoms with Gasteiger partial charge in [-0.3, -0.25) is 0 Å². The summed E-state index contributed by atoms with van der Waals surface area (Å²) in [6.07, 6.45) is -0.641. The number of alkyl halides is 1. The molecule has 5 heteroatoms. The van der Waals surface area contributed by atoms with Crippen LogP contribution in [0.4, 0.5) is 4.39 Å². The van der Waals surface area contributed by atoms with E-state index in [0.29, 0.717) is 0 Å². The Morgan fingerprint density at radius 2 is 2.15 bits per heavy atom. The summed E-state index contributed by atoms with van der Waals surface area (Å²) >= 11 is 0.764. The van der Waals surface area contributed by atoms with Crippen LogP contribution in [0.15, 0.2) is 0 Å². The van der Waals surface area contributed by atoms with Gasteiger partial charge in [-0.1, -0.05) is 6.92 Å². The summed E-state index contributed by atoms with van der Waals surface area (Å²) in [6.45, 7) is 4.99. The fraction of sp³-hybridized carbons (Fsp3) is 0.875. The normalized spacial score (nSPS) is 17.6. The molecule has 0 aliphatic carbocycles. The Balaban J connectivity index is 3.85. The zero-order valence-electron chi connectivity index (χ0n) is 7.99. The number of thioether (sulfide) groups is 1. The van der Waals surface area contributed by atoms with Crippen LogP contribution in [0.2, 0.25) is 0 Å². The topological polar surface area (TPSA) is 46.5 Å². The smallest absolute Gasteiger partial charge is 0.351 e. The number of hydrogen-bond donors (Lipinski definition) is 1. The van der Waals surface area contributed by atoms with Gasteiger partial charge in [0.15, 0.2) is 0 Å². The molecule has 0 aromatic heterocycles. The van der Waals surface area contributed by atoms with E-state index in [2.05, 4.69) is 4.74 Å². The first kappa shape index (κ1) is 12.7. The monoisotopic (exact) mass is 210 g/mol. The van der Waals surface area contributed by atoms with Gasteiger partial charge >= 0.3 is 5.97 Å². The van der Waals surface area contributed by atoms with Crippen molar-refractivity contribution in [2.45, 2.75) is 37.6 Å². The number of hydrogen-bond acceptors (Lipinski definition) is 4. The van der Waals surface area contributed by atoms with Crippen molar-refractivity contribution in [3.05, 3.63) is 0 Å². The quantitative estimate of drug-likeness (QED) is 0.696. The fourth-order valence-electron chi connectivity index (χ4n) is 0.565. The molecule has 0 radical (unpaired) electrons. The van der Waals surface area contributed by atoms with Crippen LogP contribution in [0.1, 0.15) is 20.8 Å². The minimum atomic E-state index is -1.70. The lowest BCUT2D eigenvalue weighted by Crippen LogP contribution is -2.23. The van der Waals surface area contributed by atoms with Crippen molar-refractivity contribution in [1.82, 2.24) is 0 Å². The maximum absolute atomic E-state index is 13.0. The van der Waals surface area contributed by atoms with E-state index in [1.165, 1.54) is 0 Å². The average molecular weight is 210 g/mol. The van der Waals surface area contributed by atoms with Gasteiger partial charge in [0.05, 0.1) is 12.7 Å². The number of rotatable bonds is 5. The summed E-state index contributed by atoms with van der Waals surface area (Å²) in [6, 6.07) is 0. The van der Waals surface area contributed by atoms with Gasteiger partial charge in [-0.05, 0) is 13.8 Å². The Labute approximate surface area is 81.7 Å². The highest BCUT2D eigenvalue weighted by atomic mass is 32.2. The van der Waals surface area contributed by atoms with Gasteiger partial charge in [0.1, 0.15) is 0 Å². The second-order valence-corrected chi connectivity index (χ2v) is 4.08. The SMILES string of the molecule is CCOC(=O)C(F)SC(C)C(C)O. The predicted octanol–water partition coefficient (Wildman–Crippen LogP) is 1.35. The van der Waals surface area contributed by atoms with Crippen molar-refractivity contribution < 1.29 is 19.0 Å². The standard InChI is InChI=1S/C8H15FO3S/c1-4-12-8(11)7(9)13-6(3)5(2)10/h5-7,10H,4H2,1-3H3. The zero-order chi connectivity index (χ0) is 10.4. The molecule has 0 aliphatic rings. The van der Waals surface area contributed by atoms with Crippen LogP contribution < -0.4 is 0 Å². The number of carbonyl (C=O) groups excluding carboxylic acids is 1. The van der Waals surface area contributed by atoms with Gasteiger partial charge < -0.3 is 9.84 Å². The number of halogens is 1. The van der Waals surface area contributed by atoms with Crippen molar-refractivity contribution in [2.24, 2.45) is 0 Å². The minimum absolute atomic E-state index is 0.170. The van der Waals surface area contributed by atoms with E-state index in [1.807, 2.05) is 0 Å². The molecule has 13 heavy (non-hydrogen) atoms. The summed E-state index contributed by atoms with van der Waals surface area (Å²) in [5.74, 6) is -0.875. The molecule has 0 heterocycles. The largest absolute Gasteiger partial charge is 0.463 e. The lowest BCUT2D eigenvalue weighted by atomic mass is 10.3. The van der Waals surface area contributed by atoms with E-state index in [-0.39, 0.29) is 11.9 Å². The maximum atomic E-state index is 13.0. The predicted molar refractivity (Wildman–Crippen MR) is 50.3 cm³/mol. The Hall–Kier alpha value is -0.290. The van der Waals surface area contributed by atoms with Crippen molar-refractivity contribution in [3.63, 3.8) is 0 Å². The van der Waals surface area contributed by atoms with Crippen LogP contribution in [0.5, 0.6) is 0 Å². The third kappa shape index (κ3) is 5.10. The Kier molecular flexibility index (Phi) is 6.07. The number of carbonyl (C=O) groups is 1. The molecule has 0 saturated heterocycles. The van der Waals surface area contributed by atoms with Crippen molar-refractivity contribution in [2.75, 3.05) is 6.61 Å². The van der Waals surface area contributed by atoms with Crippen LogP contribution >= 0.6 is 11.8 Å². The van der Waals surface area contributed by atoms with E-state index in [0.717, 1.165) is 11.8 Å². The number of esters is 1. The van der Waals surface area contributed by atoms with Gasteiger partial charge in [-0.25, -0.2) is 9.18 Å². The third-order valence-electron chi connectivity index (χ3n) is 1.49. The van der Waals surface area contributed by atoms with Gasteiger partial charge in [0, 0.05) is 5.25 Å². The first-order valence-electron chi connectivity index (χ1n) is 4.13. The molecule has 78 valence electrons. The van der Waals surface area contributed by atoms with Gasteiger partial charge in [0.25, 0.3) is 0 Å². The van der Waals surface area contributed by atoms with Crippen LogP contribution in [0.25, 0.3) is 0 Å². The van der Waals surface area contributed by atoms with Crippen molar-refractivity contribution in [3.8, 4) is 0 Å². The Morgan fingerprint density at radius 3 is 2.54 bits per heavy atom. The van der Waals surface area contributed by atoms with Crippen molar-refractivity contribution >= 4 is 17.7 Å². The Morgan fingerprint density at radius 1 is 1.62 bits per heavy atom. The highest BCUT2D eigenvalue weighted by Gasteiger charge is 2.23. The molecule has 3 unspecified atom stereocenters. The second-order valence-electron chi connectivity index (χ2n) is 2.65. The molecule has 0 saturated carbocycles. The fourth-order valence-corrected chi connectivity index (χ4v) is 1.35. The van der Waals surface area contributed by atoms with E-state index in [9.17, 15) is 9.18 Å². The first-order chi connectivity index (χ1) is 5.99. The molecule has 0 aliphatic heterocycles. The minimum Gasteiger partial charge on any atom is -0.463 e. The third-order valence-corrected chi connectivity index (χ3v) is 2.74. The molecule has 0 aromatic carbocycles. The molecule has 0 spiro atoms. The molecule has 0 rings (SSSR count). The van der Waals surface area contributed by atoms with Gasteiger partial charge in [-0.2, -0.15) is 0 Å². The van der Waals surface area contributed by atoms with Crippen LogP contribution in [0, 0.1) is 0 Å². The molecule has 0 fully saturated rings. The maximum Gasteiger partial charge on any atom is 0.351 e. The van der Waals surface area contributed by atoms with E-state index >= 15 is 0 Å². The highest BCUT2D eigenvalue weighted by molar-refractivity contribution is 8.01. The first-order valence-corrected chi connectivity index (χ1v) is 5.07. The number of ether oxygens (including phenoxy) is 1. The molecule has 1 N–H and O–H groups in total. The summed E-state index contributed by atoms with van der Waals surface area (Å²) in [7, 11) is 0. The van der Waals surface area contributed by atoms with E-state index in [4.69, 9.17) is 5.11 Å². The van der Waals surface area contributed by atoms with Crippen molar-refractivity contribution in [1.29, 1.82) is 0 Å². The molecule has 0 bridgehead atoms. The molecule has 3 nitrogen and oxygen atoms in total. The lowest BCUT2D eigenvalue weighted by Gasteiger charge is -2.15. The molecule has 0 amide bonds. The molecule has 0 aromatic rings. The van der Waals surface area contributed by atoms with Crippen LogP contribution in [-0.2, 0) is 9.53 Å². The Bertz CT molecular complexity index is 163. The summed E-state index contributed by atoms with van der Waals surface area (Å²) in [4.78, 5) is 10.8. The summed E-state index contributed by atoms with van der Waals surface area (Å²) < 4.78 is 17.4. The van der Waals surface area contributed by atoms with E-state index in [1.54, 1.807) is 20.8 Å². The number of aliphatic hydroxyl groups excluding tert-OH is 1.